The van der Waals surface area contributed by atoms with E-state index in [0.29, 0.717) is 13.0 Å². The van der Waals surface area contributed by atoms with Gasteiger partial charge in [0.15, 0.2) is 5.78 Å². The van der Waals surface area contributed by atoms with Gasteiger partial charge >= 0.3 is 0 Å². The van der Waals surface area contributed by atoms with E-state index in [0.717, 1.165) is 22.3 Å². The Bertz CT molecular complexity index is 941. The van der Waals surface area contributed by atoms with Gasteiger partial charge in [0.05, 0.1) is 12.2 Å². The van der Waals surface area contributed by atoms with Crippen LogP contribution >= 0.6 is 0 Å². The molecule has 0 aromatic heterocycles. The Hall–Kier alpha value is -2.52. The number of ether oxygens (including phenoxy) is 1. The predicted molar refractivity (Wildman–Crippen MR) is 101 cm³/mol. The maximum absolute atomic E-state index is 14.1. The number of aryl methyl sites for hydroxylation is 1. The van der Waals surface area contributed by atoms with Crippen molar-refractivity contribution in [2.75, 3.05) is 6.61 Å². The van der Waals surface area contributed by atoms with Gasteiger partial charge in [-0.15, -0.1) is 0 Å². The highest BCUT2D eigenvalue weighted by atomic mass is 19.1. The van der Waals surface area contributed by atoms with Gasteiger partial charge in [0, 0.05) is 12.3 Å². The van der Waals surface area contributed by atoms with E-state index in [1.54, 1.807) is 12.1 Å². The summed E-state index contributed by atoms with van der Waals surface area (Å²) in [5.74, 6) is -0.420. The molecule has 0 saturated heterocycles. The summed E-state index contributed by atoms with van der Waals surface area (Å²) in [4.78, 5) is 12.0. The van der Waals surface area contributed by atoms with E-state index in [1.807, 2.05) is 31.2 Å². The van der Waals surface area contributed by atoms with Crippen molar-refractivity contribution in [3.05, 3.63) is 82.7 Å². The zero-order chi connectivity index (χ0) is 18.3. The summed E-state index contributed by atoms with van der Waals surface area (Å²) < 4.78 is 20.3. The Kier molecular flexibility index (Phi) is 4.12. The lowest BCUT2D eigenvalue weighted by Gasteiger charge is -2.36. The van der Waals surface area contributed by atoms with Crippen molar-refractivity contribution in [2.45, 2.75) is 31.8 Å². The Morgan fingerprint density at radius 2 is 2.04 bits per heavy atom. The lowest BCUT2D eigenvalue weighted by molar-refractivity contribution is -0.117. The minimum absolute atomic E-state index is 0.0534. The van der Waals surface area contributed by atoms with E-state index >= 15 is 0 Å². The van der Waals surface area contributed by atoms with E-state index < -0.39 is 5.60 Å². The number of hydrogen-bond donors (Lipinski definition) is 0. The van der Waals surface area contributed by atoms with Crippen molar-refractivity contribution >= 4 is 17.4 Å². The average molecular weight is 348 g/mol. The van der Waals surface area contributed by atoms with Crippen molar-refractivity contribution in [1.82, 2.24) is 0 Å². The fraction of sp³-hybridized carbons (Fsp3) is 0.261. The number of fused-ring (bicyclic) bond motifs is 3. The van der Waals surface area contributed by atoms with Gasteiger partial charge in [0.2, 0.25) is 0 Å². The standard InChI is InChI=1S/C23H21FO2/c1-15-5-3-4-6-16(15)11-17-14-26-23(2)10-9-19(25)13-22(23)21-12-18(24)7-8-20(17)21/h3-12,22H,13-14H2,1-2H3/b17-11+/t22-,23-/m0/s1. The van der Waals surface area contributed by atoms with Gasteiger partial charge in [-0.3, -0.25) is 4.79 Å². The summed E-state index contributed by atoms with van der Waals surface area (Å²) >= 11 is 0. The zero-order valence-electron chi connectivity index (χ0n) is 15.0. The fourth-order valence-corrected chi connectivity index (χ4v) is 3.90. The van der Waals surface area contributed by atoms with Crippen LogP contribution in [0.3, 0.4) is 0 Å². The molecule has 0 spiro atoms. The molecule has 2 aromatic rings. The van der Waals surface area contributed by atoms with Gasteiger partial charge in [-0.05, 0) is 72.0 Å². The van der Waals surface area contributed by atoms with E-state index in [1.165, 1.54) is 11.6 Å². The number of ketones is 1. The maximum atomic E-state index is 14.1. The highest BCUT2D eigenvalue weighted by molar-refractivity contribution is 5.93. The summed E-state index contributed by atoms with van der Waals surface area (Å²) in [6, 6.07) is 13.0. The van der Waals surface area contributed by atoms with Crippen LogP contribution in [0.1, 0.15) is 41.5 Å². The smallest absolute Gasteiger partial charge is 0.156 e. The Morgan fingerprint density at radius 1 is 1.23 bits per heavy atom. The molecule has 2 aliphatic rings. The van der Waals surface area contributed by atoms with Crippen molar-refractivity contribution in [3.63, 3.8) is 0 Å². The van der Waals surface area contributed by atoms with Crippen molar-refractivity contribution in [1.29, 1.82) is 0 Å². The fourth-order valence-electron chi connectivity index (χ4n) is 3.90. The second kappa shape index (κ2) is 6.33. The number of allylic oxidation sites excluding steroid dienone is 1. The van der Waals surface area contributed by atoms with Crippen molar-refractivity contribution in [2.24, 2.45) is 0 Å². The monoisotopic (exact) mass is 348 g/mol. The van der Waals surface area contributed by atoms with Crippen LogP contribution in [0, 0.1) is 12.7 Å². The molecule has 1 aliphatic carbocycles. The molecule has 4 rings (SSSR count). The molecule has 1 heterocycles. The molecule has 1 aliphatic heterocycles. The molecular formula is C23H21FO2. The first-order valence-electron chi connectivity index (χ1n) is 8.88. The van der Waals surface area contributed by atoms with E-state index in [2.05, 4.69) is 25.1 Å². The van der Waals surface area contributed by atoms with E-state index in [4.69, 9.17) is 4.74 Å². The number of carbonyl (C=O) groups excluding carboxylic acids is 1. The number of rotatable bonds is 1. The average Bonchev–Trinajstić information content (AvgIpc) is 2.73. The molecule has 0 bridgehead atoms. The SMILES string of the molecule is Cc1ccccc1/C=C1\CO[C@@]2(C)C=CC(=O)C[C@H]2c2cc(F)ccc21. The lowest BCUT2D eigenvalue weighted by Crippen LogP contribution is -2.37. The highest BCUT2D eigenvalue weighted by Crippen LogP contribution is 2.45. The first kappa shape index (κ1) is 16.9. The second-order valence-corrected chi connectivity index (χ2v) is 7.29. The van der Waals surface area contributed by atoms with Gasteiger partial charge in [-0.1, -0.05) is 30.3 Å². The van der Waals surface area contributed by atoms with E-state index in [-0.39, 0.29) is 17.5 Å². The molecule has 0 fully saturated rings. The topological polar surface area (TPSA) is 26.3 Å². The van der Waals surface area contributed by atoms with Gasteiger partial charge < -0.3 is 4.74 Å². The number of halogens is 1. The first-order chi connectivity index (χ1) is 12.5. The van der Waals surface area contributed by atoms with Crippen LogP contribution in [-0.2, 0) is 9.53 Å². The Morgan fingerprint density at radius 3 is 2.85 bits per heavy atom. The van der Waals surface area contributed by atoms with Crippen molar-refractivity contribution in [3.8, 4) is 0 Å². The van der Waals surface area contributed by atoms with Crippen LogP contribution in [0.25, 0.3) is 11.6 Å². The molecule has 0 N–H and O–H groups in total. The first-order valence-corrected chi connectivity index (χ1v) is 8.88. The summed E-state index contributed by atoms with van der Waals surface area (Å²) in [6.45, 7) is 4.46. The van der Waals surface area contributed by atoms with Crippen LogP contribution in [0.2, 0.25) is 0 Å². The summed E-state index contributed by atoms with van der Waals surface area (Å²) in [5, 5.41) is 0. The molecule has 0 unspecified atom stereocenters. The Balaban J connectivity index is 1.90. The van der Waals surface area contributed by atoms with Gasteiger partial charge in [0.25, 0.3) is 0 Å². The van der Waals surface area contributed by atoms with Crippen LogP contribution in [-0.4, -0.2) is 18.0 Å². The van der Waals surface area contributed by atoms with Gasteiger partial charge in [-0.2, -0.15) is 0 Å². The predicted octanol–water partition coefficient (Wildman–Crippen LogP) is 5.08. The molecule has 26 heavy (non-hydrogen) atoms. The quantitative estimate of drug-likeness (QED) is 0.719. The normalized spacial score (nSPS) is 26.3. The number of carbonyl (C=O) groups is 1. The molecule has 132 valence electrons. The Labute approximate surface area is 153 Å². The third-order valence-corrected chi connectivity index (χ3v) is 5.49. The van der Waals surface area contributed by atoms with Crippen LogP contribution in [0.4, 0.5) is 4.39 Å². The zero-order valence-corrected chi connectivity index (χ0v) is 15.0. The number of hydrogen-bond acceptors (Lipinski definition) is 2. The van der Waals surface area contributed by atoms with Gasteiger partial charge in [-0.25, -0.2) is 4.39 Å². The summed E-state index contributed by atoms with van der Waals surface area (Å²) in [5.41, 5.74) is 4.49. The molecule has 2 nitrogen and oxygen atoms in total. The molecular weight excluding hydrogens is 327 g/mol. The van der Waals surface area contributed by atoms with Crippen LogP contribution in [0.5, 0.6) is 0 Å². The molecule has 2 atom stereocenters. The van der Waals surface area contributed by atoms with E-state index in [9.17, 15) is 9.18 Å². The molecule has 3 heteroatoms. The minimum atomic E-state index is -0.613. The summed E-state index contributed by atoms with van der Waals surface area (Å²) in [6.07, 6.45) is 5.86. The molecule has 0 saturated carbocycles. The molecule has 0 amide bonds. The third kappa shape index (κ3) is 2.93. The van der Waals surface area contributed by atoms with Crippen molar-refractivity contribution < 1.29 is 13.9 Å². The molecule has 0 radical (unpaired) electrons. The largest absolute Gasteiger partial charge is 0.366 e. The van der Waals surface area contributed by atoms with Crippen LogP contribution < -0.4 is 0 Å². The maximum Gasteiger partial charge on any atom is 0.156 e. The highest BCUT2D eigenvalue weighted by Gasteiger charge is 2.41. The molecule has 2 aromatic carbocycles. The van der Waals surface area contributed by atoms with Gasteiger partial charge in [0.1, 0.15) is 5.82 Å². The number of benzene rings is 2. The summed E-state index contributed by atoms with van der Waals surface area (Å²) in [7, 11) is 0. The third-order valence-electron chi connectivity index (χ3n) is 5.49. The second-order valence-electron chi connectivity index (χ2n) is 7.29. The van der Waals surface area contributed by atoms with Crippen LogP contribution in [0.15, 0.2) is 54.6 Å². The lowest BCUT2D eigenvalue weighted by atomic mass is 9.75. The minimum Gasteiger partial charge on any atom is -0.366 e.